The van der Waals surface area contributed by atoms with E-state index in [1.807, 2.05) is 6.92 Å². The molecule has 0 aliphatic heterocycles. The molecule has 0 aliphatic carbocycles. The van der Waals surface area contributed by atoms with Gasteiger partial charge in [-0.25, -0.2) is 0 Å². The van der Waals surface area contributed by atoms with Crippen LogP contribution in [0.3, 0.4) is 0 Å². The average Bonchev–Trinajstić information content (AvgIpc) is 2.00. The average molecular weight is 196 g/mol. The van der Waals surface area contributed by atoms with E-state index >= 15 is 0 Å². The second-order valence-corrected chi connectivity index (χ2v) is 4.59. The zero-order chi connectivity index (χ0) is 9.61. The lowest BCUT2D eigenvalue weighted by molar-refractivity contribution is 0.114. The van der Waals surface area contributed by atoms with E-state index < -0.39 is 7.60 Å². The summed E-state index contributed by atoms with van der Waals surface area (Å²) in [6.07, 6.45) is 0.714. The van der Waals surface area contributed by atoms with E-state index in [0.717, 1.165) is 0 Å². The van der Waals surface area contributed by atoms with Crippen LogP contribution in [0.25, 0.3) is 0 Å². The van der Waals surface area contributed by atoms with Gasteiger partial charge < -0.3 is 14.2 Å². The largest absolute Gasteiger partial charge is 0.382 e. The third-order valence-electron chi connectivity index (χ3n) is 1.55. The maximum absolute atomic E-state index is 11.1. The molecule has 4 nitrogen and oxygen atoms in total. The lowest BCUT2D eigenvalue weighted by Crippen LogP contribution is -2.08. The summed E-state index contributed by atoms with van der Waals surface area (Å²) in [6, 6.07) is 0. The zero-order valence-electron chi connectivity index (χ0n) is 7.82. The number of methoxy groups -OCH3 is 1. The molecule has 0 fully saturated rings. The first-order valence-corrected chi connectivity index (χ1v) is 5.77. The monoisotopic (exact) mass is 196 g/mol. The Morgan fingerprint density at radius 3 is 2.58 bits per heavy atom. The van der Waals surface area contributed by atoms with Crippen LogP contribution < -0.4 is 0 Å². The van der Waals surface area contributed by atoms with Gasteiger partial charge >= 0.3 is 7.60 Å². The summed E-state index contributed by atoms with van der Waals surface area (Å²) in [5.74, 6) is 0. The molecule has 12 heavy (non-hydrogen) atoms. The van der Waals surface area contributed by atoms with Crippen molar-refractivity contribution in [3.63, 3.8) is 0 Å². The molecule has 0 aromatic rings. The Morgan fingerprint density at radius 2 is 2.17 bits per heavy atom. The third kappa shape index (κ3) is 5.72. The molecular formula is C7H17O4P. The maximum atomic E-state index is 11.1. The lowest BCUT2D eigenvalue weighted by atomic mass is 10.3. The molecule has 0 amide bonds. The zero-order valence-corrected chi connectivity index (χ0v) is 8.71. The molecule has 0 heterocycles. The van der Waals surface area contributed by atoms with Crippen LogP contribution in [0, 0.1) is 0 Å². The van der Waals surface area contributed by atoms with E-state index in [9.17, 15) is 4.57 Å². The molecule has 0 saturated carbocycles. The number of ether oxygens (including phenoxy) is 1. The smallest absolute Gasteiger partial charge is 0.328 e. The summed E-state index contributed by atoms with van der Waals surface area (Å²) in [5.41, 5.74) is 0. The van der Waals surface area contributed by atoms with E-state index in [1.165, 1.54) is 0 Å². The second-order valence-electron chi connectivity index (χ2n) is 2.61. The molecular weight excluding hydrogens is 179 g/mol. The van der Waals surface area contributed by atoms with E-state index in [4.69, 9.17) is 9.63 Å². The summed E-state index contributed by atoms with van der Waals surface area (Å²) in [5, 5.41) is 0. The second kappa shape index (κ2) is 5.70. The van der Waals surface area contributed by atoms with Crippen LogP contribution in [0.4, 0.5) is 0 Å². The van der Waals surface area contributed by atoms with E-state index in [1.54, 1.807) is 14.0 Å². The van der Waals surface area contributed by atoms with Crippen molar-refractivity contribution in [3.8, 4) is 0 Å². The highest BCUT2D eigenvalue weighted by atomic mass is 31.2. The van der Waals surface area contributed by atoms with Crippen LogP contribution in [-0.4, -0.2) is 30.9 Å². The minimum absolute atomic E-state index is 0.00549. The van der Waals surface area contributed by atoms with Crippen molar-refractivity contribution in [2.45, 2.75) is 26.4 Å². The first-order valence-electron chi connectivity index (χ1n) is 4.01. The van der Waals surface area contributed by atoms with Crippen LogP contribution in [0.1, 0.15) is 20.3 Å². The molecule has 2 atom stereocenters. The predicted octanol–water partition coefficient (Wildman–Crippen LogP) is 1.63. The molecule has 0 aromatic heterocycles. The lowest BCUT2D eigenvalue weighted by Gasteiger charge is -2.13. The fourth-order valence-electron chi connectivity index (χ4n) is 0.729. The molecule has 0 radical (unpaired) electrons. The van der Waals surface area contributed by atoms with Crippen LogP contribution in [0.15, 0.2) is 0 Å². The van der Waals surface area contributed by atoms with Crippen molar-refractivity contribution in [1.29, 1.82) is 0 Å². The van der Waals surface area contributed by atoms with Gasteiger partial charge in [-0.3, -0.25) is 4.57 Å². The highest BCUT2D eigenvalue weighted by molar-refractivity contribution is 7.52. The molecule has 5 heteroatoms. The number of hydrogen-bond donors (Lipinski definition) is 1. The molecule has 2 unspecified atom stereocenters. The fraction of sp³-hybridized carbons (Fsp3) is 1.00. The van der Waals surface area contributed by atoms with Crippen molar-refractivity contribution in [2.24, 2.45) is 0 Å². The van der Waals surface area contributed by atoms with Gasteiger partial charge in [-0.2, -0.15) is 0 Å². The van der Waals surface area contributed by atoms with Gasteiger partial charge in [0.1, 0.15) is 0 Å². The molecule has 0 saturated heterocycles. The van der Waals surface area contributed by atoms with Crippen molar-refractivity contribution in [3.05, 3.63) is 0 Å². The van der Waals surface area contributed by atoms with Gasteiger partial charge in [0.05, 0.1) is 18.9 Å². The maximum Gasteiger partial charge on any atom is 0.328 e. The summed E-state index contributed by atoms with van der Waals surface area (Å²) in [7, 11) is -1.76. The Kier molecular flexibility index (Phi) is 5.76. The predicted molar refractivity (Wildman–Crippen MR) is 47.4 cm³/mol. The molecule has 0 spiro atoms. The quantitative estimate of drug-likeness (QED) is 0.656. The van der Waals surface area contributed by atoms with Gasteiger partial charge in [-0.05, 0) is 20.3 Å². The summed E-state index contributed by atoms with van der Waals surface area (Å²) >= 11 is 0. The van der Waals surface area contributed by atoms with Crippen LogP contribution in [-0.2, 0) is 13.8 Å². The molecule has 0 rings (SSSR count). The van der Waals surface area contributed by atoms with Crippen LogP contribution in [0.2, 0.25) is 0 Å². The summed E-state index contributed by atoms with van der Waals surface area (Å²) in [6.45, 7) is 3.82. The Morgan fingerprint density at radius 1 is 1.58 bits per heavy atom. The van der Waals surface area contributed by atoms with Crippen molar-refractivity contribution in [2.75, 3.05) is 19.9 Å². The topological polar surface area (TPSA) is 55.8 Å². The third-order valence-corrected chi connectivity index (χ3v) is 3.04. The van der Waals surface area contributed by atoms with Crippen molar-refractivity contribution >= 4 is 7.60 Å². The Bertz CT molecular complexity index is 159. The Hall–Kier alpha value is 0.110. The molecule has 0 aliphatic rings. The van der Waals surface area contributed by atoms with E-state index in [0.29, 0.717) is 6.42 Å². The first-order chi connectivity index (χ1) is 5.52. The Labute approximate surface area is 73.4 Å². The minimum atomic E-state index is -3.34. The van der Waals surface area contributed by atoms with E-state index in [-0.39, 0.29) is 18.9 Å². The van der Waals surface area contributed by atoms with Gasteiger partial charge in [0.15, 0.2) is 0 Å². The molecule has 0 aromatic carbocycles. The van der Waals surface area contributed by atoms with Gasteiger partial charge in [0.2, 0.25) is 0 Å². The van der Waals surface area contributed by atoms with Crippen LogP contribution in [0.5, 0.6) is 0 Å². The summed E-state index contributed by atoms with van der Waals surface area (Å²) < 4.78 is 20.7. The van der Waals surface area contributed by atoms with Gasteiger partial charge in [-0.1, -0.05) is 0 Å². The van der Waals surface area contributed by atoms with Gasteiger partial charge in [-0.15, -0.1) is 0 Å². The van der Waals surface area contributed by atoms with Crippen molar-refractivity contribution in [1.82, 2.24) is 0 Å². The Balaban J connectivity index is 3.67. The minimum Gasteiger partial charge on any atom is -0.382 e. The highest BCUT2D eigenvalue weighted by Crippen LogP contribution is 2.42. The normalized spacial score (nSPS) is 18.7. The molecule has 0 bridgehead atoms. The standard InChI is InChI=1S/C7H17O4P/c1-4-11-12(8,9)6-5-7(2)10-3/h7H,4-6H2,1-3H3,(H,8,9). The van der Waals surface area contributed by atoms with E-state index in [2.05, 4.69) is 4.52 Å². The molecule has 1 N–H and O–H groups in total. The van der Waals surface area contributed by atoms with Gasteiger partial charge in [0.25, 0.3) is 0 Å². The molecule has 74 valence electrons. The number of hydrogen-bond acceptors (Lipinski definition) is 3. The SMILES string of the molecule is CCOP(=O)(O)CCC(C)OC. The fourth-order valence-corrected chi connectivity index (χ4v) is 1.95. The summed E-state index contributed by atoms with van der Waals surface area (Å²) in [4.78, 5) is 9.14. The highest BCUT2D eigenvalue weighted by Gasteiger charge is 2.19. The van der Waals surface area contributed by atoms with Gasteiger partial charge in [0, 0.05) is 7.11 Å². The first kappa shape index (κ1) is 12.1. The van der Waals surface area contributed by atoms with Crippen molar-refractivity contribution < 1.29 is 18.7 Å². The number of rotatable bonds is 6. The van der Waals surface area contributed by atoms with Crippen LogP contribution >= 0.6 is 7.60 Å².